The van der Waals surface area contributed by atoms with Crippen LogP contribution in [0, 0.1) is 0 Å². The minimum absolute atomic E-state index is 0.0109. The van der Waals surface area contributed by atoms with Crippen LogP contribution in [-0.4, -0.2) is 29.6 Å². The van der Waals surface area contributed by atoms with Crippen LogP contribution in [0.3, 0.4) is 0 Å². The molecule has 2 aromatic rings. The zero-order valence-corrected chi connectivity index (χ0v) is 14.5. The molecule has 1 amide bonds. The molecule has 3 rings (SSSR count). The Hall–Kier alpha value is -2.56. The Morgan fingerprint density at radius 3 is 2.48 bits per heavy atom. The average Bonchev–Trinajstić information content (AvgIpc) is 2.57. The second-order valence-corrected chi connectivity index (χ2v) is 6.89. The third-order valence-corrected chi connectivity index (χ3v) is 5.15. The summed E-state index contributed by atoms with van der Waals surface area (Å²) in [4.78, 5) is 23.7. The van der Waals surface area contributed by atoms with E-state index in [2.05, 4.69) is 5.32 Å². The fraction of sp³-hybridized carbons (Fsp3) is 0.400. The van der Waals surface area contributed by atoms with Crippen LogP contribution in [0.5, 0.6) is 5.75 Å². The number of ether oxygens (including phenoxy) is 1. The Kier molecular flexibility index (Phi) is 4.66. The van der Waals surface area contributed by atoms with Gasteiger partial charge in [0.25, 0.3) is 0 Å². The van der Waals surface area contributed by atoms with Gasteiger partial charge in [-0.25, -0.2) is 0 Å². The summed E-state index contributed by atoms with van der Waals surface area (Å²) >= 11 is 0. The summed E-state index contributed by atoms with van der Waals surface area (Å²) in [5.41, 5.74) is 0.349. The van der Waals surface area contributed by atoms with Crippen molar-refractivity contribution < 1.29 is 19.4 Å². The Morgan fingerprint density at radius 1 is 1.20 bits per heavy atom. The van der Waals surface area contributed by atoms with Crippen molar-refractivity contribution in [3.8, 4) is 5.75 Å². The lowest BCUT2D eigenvalue weighted by Crippen LogP contribution is -2.55. The van der Waals surface area contributed by atoms with E-state index < -0.39 is 11.5 Å². The Balaban J connectivity index is 1.77. The summed E-state index contributed by atoms with van der Waals surface area (Å²) in [7, 11) is 1.63. The topological polar surface area (TPSA) is 75.6 Å². The zero-order valence-electron chi connectivity index (χ0n) is 14.5. The maximum atomic E-state index is 12.6. The molecular weight excluding hydrogens is 318 g/mol. The second kappa shape index (κ2) is 6.75. The average molecular weight is 341 g/mol. The van der Waals surface area contributed by atoms with E-state index in [9.17, 15) is 9.59 Å². The van der Waals surface area contributed by atoms with Crippen molar-refractivity contribution in [1.29, 1.82) is 0 Å². The highest BCUT2D eigenvalue weighted by Crippen LogP contribution is 2.36. The van der Waals surface area contributed by atoms with Crippen molar-refractivity contribution in [2.24, 2.45) is 0 Å². The molecule has 0 heterocycles. The normalized spacial score (nSPS) is 16.7. The number of methoxy groups -OCH3 is 1. The van der Waals surface area contributed by atoms with Gasteiger partial charge >= 0.3 is 5.97 Å². The molecule has 0 aromatic heterocycles. The van der Waals surface area contributed by atoms with Crippen LogP contribution in [0.2, 0.25) is 0 Å². The third kappa shape index (κ3) is 3.60. The molecule has 5 heteroatoms. The number of carbonyl (C=O) groups excluding carboxylic acids is 1. The van der Waals surface area contributed by atoms with Crippen molar-refractivity contribution in [2.45, 2.75) is 44.1 Å². The molecular formula is C20H23NO4. The number of carboxylic acid groups (broad SMARTS) is 1. The molecule has 1 saturated carbocycles. The predicted octanol–water partition coefficient (Wildman–Crippen LogP) is 3.47. The van der Waals surface area contributed by atoms with Gasteiger partial charge in [-0.05, 0) is 54.7 Å². The quantitative estimate of drug-likeness (QED) is 0.843. The van der Waals surface area contributed by atoms with Gasteiger partial charge in [-0.3, -0.25) is 9.59 Å². The van der Waals surface area contributed by atoms with Gasteiger partial charge in [-0.1, -0.05) is 24.3 Å². The predicted molar refractivity (Wildman–Crippen MR) is 95.9 cm³/mol. The van der Waals surface area contributed by atoms with E-state index in [1.54, 1.807) is 7.11 Å². The molecule has 1 atom stereocenters. The molecule has 0 aliphatic heterocycles. The van der Waals surface area contributed by atoms with Crippen LogP contribution < -0.4 is 10.1 Å². The number of carbonyl (C=O) groups is 2. The van der Waals surface area contributed by atoms with Gasteiger partial charge < -0.3 is 15.2 Å². The number of benzene rings is 2. The van der Waals surface area contributed by atoms with Crippen LogP contribution in [0.1, 0.15) is 44.1 Å². The smallest absolute Gasteiger partial charge is 0.305 e. The maximum Gasteiger partial charge on any atom is 0.305 e. The molecule has 5 nitrogen and oxygen atoms in total. The van der Waals surface area contributed by atoms with Crippen LogP contribution in [0.15, 0.2) is 36.4 Å². The minimum atomic E-state index is -0.868. The molecule has 2 N–H and O–H groups in total. The summed E-state index contributed by atoms with van der Waals surface area (Å²) in [5.74, 6) is -0.523. The fourth-order valence-electron chi connectivity index (χ4n) is 3.40. The number of hydrogen-bond donors (Lipinski definition) is 2. The van der Waals surface area contributed by atoms with Gasteiger partial charge in [0, 0.05) is 0 Å². The Labute approximate surface area is 147 Å². The number of hydrogen-bond acceptors (Lipinski definition) is 3. The number of amides is 1. The summed E-state index contributed by atoms with van der Waals surface area (Å²) in [6, 6.07) is 11.8. The van der Waals surface area contributed by atoms with Gasteiger partial charge in [-0.2, -0.15) is 0 Å². The van der Waals surface area contributed by atoms with Crippen LogP contribution in [0.4, 0.5) is 0 Å². The van der Waals surface area contributed by atoms with Crippen LogP contribution in [-0.2, 0) is 9.59 Å². The molecule has 0 radical (unpaired) electrons. The van der Waals surface area contributed by atoms with E-state index >= 15 is 0 Å². The lowest BCUT2D eigenvalue weighted by Gasteiger charge is -2.42. The van der Waals surface area contributed by atoms with Crippen molar-refractivity contribution >= 4 is 22.6 Å². The van der Waals surface area contributed by atoms with Crippen molar-refractivity contribution in [1.82, 2.24) is 5.32 Å². The fourth-order valence-corrected chi connectivity index (χ4v) is 3.40. The van der Waals surface area contributed by atoms with Crippen LogP contribution in [0.25, 0.3) is 10.8 Å². The van der Waals surface area contributed by atoms with Crippen molar-refractivity contribution in [2.75, 3.05) is 7.11 Å². The lowest BCUT2D eigenvalue weighted by atomic mass is 9.74. The number of nitrogens with one attached hydrogen (secondary N) is 1. The molecule has 0 bridgehead atoms. The van der Waals surface area contributed by atoms with E-state index in [0.717, 1.165) is 41.3 Å². The van der Waals surface area contributed by atoms with Gasteiger partial charge in [0.2, 0.25) is 5.91 Å². The van der Waals surface area contributed by atoms with Gasteiger partial charge in [0.1, 0.15) is 5.75 Å². The molecule has 1 unspecified atom stereocenters. The molecule has 2 aromatic carbocycles. The zero-order chi connectivity index (χ0) is 18.0. The molecule has 1 aliphatic rings. The standard InChI is InChI=1S/C20H23NO4/c1-13(19(24)21-20(8-3-9-20)12-18(22)23)14-4-5-16-11-17(25-2)7-6-15(16)10-14/h4-7,10-11,13H,3,8-9,12H2,1-2H3,(H,21,24)(H,22,23). The maximum absolute atomic E-state index is 12.6. The molecule has 132 valence electrons. The number of carboxylic acids is 1. The molecule has 0 spiro atoms. The number of fused-ring (bicyclic) bond motifs is 1. The first kappa shape index (κ1) is 17.3. The first-order valence-corrected chi connectivity index (χ1v) is 8.54. The SMILES string of the molecule is COc1ccc2cc(C(C)C(=O)NC3(CC(=O)O)CCC3)ccc2c1. The van der Waals surface area contributed by atoms with Gasteiger partial charge in [0.05, 0.1) is 25.0 Å². The van der Waals surface area contributed by atoms with Crippen molar-refractivity contribution in [3.63, 3.8) is 0 Å². The molecule has 0 saturated heterocycles. The van der Waals surface area contributed by atoms with E-state index in [0.29, 0.717) is 0 Å². The lowest BCUT2D eigenvalue weighted by molar-refractivity contribution is -0.140. The summed E-state index contributed by atoms with van der Waals surface area (Å²) < 4.78 is 5.23. The Morgan fingerprint density at radius 2 is 1.88 bits per heavy atom. The van der Waals surface area contributed by atoms with E-state index in [-0.39, 0.29) is 18.2 Å². The van der Waals surface area contributed by atoms with Gasteiger partial charge in [0.15, 0.2) is 0 Å². The number of rotatable bonds is 6. The molecule has 1 aliphatic carbocycles. The summed E-state index contributed by atoms with van der Waals surface area (Å²) in [6.07, 6.45) is 2.41. The second-order valence-electron chi connectivity index (χ2n) is 6.89. The van der Waals surface area contributed by atoms with E-state index in [4.69, 9.17) is 9.84 Å². The monoisotopic (exact) mass is 341 g/mol. The highest BCUT2D eigenvalue weighted by atomic mass is 16.5. The third-order valence-electron chi connectivity index (χ3n) is 5.15. The largest absolute Gasteiger partial charge is 0.497 e. The van der Waals surface area contributed by atoms with E-state index in [1.165, 1.54) is 0 Å². The molecule has 1 fully saturated rings. The summed E-state index contributed by atoms with van der Waals surface area (Å²) in [5, 5.41) is 14.2. The minimum Gasteiger partial charge on any atom is -0.497 e. The number of aliphatic carboxylic acids is 1. The molecule has 25 heavy (non-hydrogen) atoms. The highest BCUT2D eigenvalue weighted by Gasteiger charge is 2.41. The van der Waals surface area contributed by atoms with E-state index in [1.807, 2.05) is 43.3 Å². The van der Waals surface area contributed by atoms with Crippen LogP contribution >= 0.6 is 0 Å². The Bertz CT molecular complexity index is 810. The highest BCUT2D eigenvalue weighted by molar-refractivity contribution is 5.89. The summed E-state index contributed by atoms with van der Waals surface area (Å²) in [6.45, 7) is 1.85. The van der Waals surface area contributed by atoms with Gasteiger partial charge in [-0.15, -0.1) is 0 Å². The van der Waals surface area contributed by atoms with Crippen molar-refractivity contribution in [3.05, 3.63) is 42.0 Å². The first-order valence-electron chi connectivity index (χ1n) is 8.54. The first-order chi connectivity index (χ1) is 11.9.